The van der Waals surface area contributed by atoms with Crippen LogP contribution >= 0.6 is 0 Å². The van der Waals surface area contributed by atoms with Gasteiger partial charge in [-0.3, -0.25) is 0 Å². The molecular formula is C30H51O7Si4-. The van der Waals surface area contributed by atoms with E-state index in [2.05, 4.69) is 84.3 Å². The Morgan fingerprint density at radius 2 is 1.29 bits per heavy atom. The zero-order valence-electron chi connectivity index (χ0n) is 27.0. The van der Waals surface area contributed by atoms with E-state index in [1.165, 1.54) is 5.56 Å². The van der Waals surface area contributed by atoms with E-state index in [1.54, 1.807) is 0 Å². The lowest BCUT2D eigenvalue weighted by molar-refractivity contribution is -0.0703. The van der Waals surface area contributed by atoms with Crippen molar-refractivity contribution < 1.29 is 30.7 Å². The second kappa shape index (κ2) is 12.9. The van der Waals surface area contributed by atoms with Crippen molar-refractivity contribution in [1.82, 2.24) is 0 Å². The smallest absolute Gasteiger partial charge is 0.413 e. The summed E-state index contributed by atoms with van der Waals surface area (Å²) in [6, 6.07) is 18.4. The van der Waals surface area contributed by atoms with Gasteiger partial charge in [0.15, 0.2) is 16.6 Å². The van der Waals surface area contributed by atoms with E-state index in [0.29, 0.717) is 0 Å². The Bertz CT molecular complexity index is 1120. The number of rotatable bonds is 8. The average molecular weight is 636 g/mol. The first kappa shape index (κ1) is 34.5. The van der Waals surface area contributed by atoms with Crippen molar-refractivity contribution in [3.05, 3.63) is 67.6 Å². The molecule has 0 amide bonds. The number of benzene rings is 2. The topological polar surface area (TPSA) is 64.6 Å². The van der Waals surface area contributed by atoms with Crippen LogP contribution in [0.3, 0.4) is 0 Å². The van der Waals surface area contributed by atoms with E-state index in [1.807, 2.05) is 44.2 Å². The minimum Gasteiger partial charge on any atom is -0.413 e. The molecule has 7 nitrogen and oxygen atoms in total. The molecule has 5 rings (SSSR count). The summed E-state index contributed by atoms with van der Waals surface area (Å²) in [7, 11) is -10.2. The van der Waals surface area contributed by atoms with Crippen LogP contribution in [0.4, 0.5) is 0 Å². The zero-order valence-corrected chi connectivity index (χ0v) is 31.0. The molecule has 11 heteroatoms. The molecular weight excluding hydrogens is 585 g/mol. The van der Waals surface area contributed by atoms with Gasteiger partial charge >= 0.3 is 17.6 Å². The summed E-state index contributed by atoms with van der Waals surface area (Å²) in [5.41, 5.74) is 1.19. The van der Waals surface area contributed by atoms with Crippen LogP contribution in [0.15, 0.2) is 54.6 Å². The highest BCUT2D eigenvalue weighted by atomic mass is 28.5. The van der Waals surface area contributed by atoms with Gasteiger partial charge in [0.25, 0.3) is 0 Å². The van der Waals surface area contributed by atoms with Gasteiger partial charge in [-0.25, -0.2) is 0 Å². The molecule has 3 aliphatic rings. The summed E-state index contributed by atoms with van der Waals surface area (Å²) in [5, 5.41) is 1.95. The van der Waals surface area contributed by atoms with E-state index < -0.39 is 34.2 Å². The molecule has 8 atom stereocenters. The number of hydrogen-bond acceptors (Lipinski definition) is 7. The van der Waals surface area contributed by atoms with Crippen molar-refractivity contribution in [1.29, 1.82) is 0 Å². The quantitative estimate of drug-likeness (QED) is 0.279. The molecule has 0 aliphatic carbocycles. The molecule has 0 saturated carbocycles. The van der Waals surface area contributed by atoms with Crippen molar-refractivity contribution in [3.63, 3.8) is 0 Å². The molecule has 0 radical (unpaired) electrons. The normalized spacial score (nSPS) is 33.6. The van der Waals surface area contributed by atoms with Gasteiger partial charge in [0, 0.05) is 10.4 Å². The highest BCUT2D eigenvalue weighted by Gasteiger charge is 2.70. The maximum atomic E-state index is 6.97. The lowest BCUT2D eigenvalue weighted by atomic mass is 9.97. The van der Waals surface area contributed by atoms with Crippen LogP contribution in [0.2, 0.25) is 39.3 Å². The van der Waals surface area contributed by atoms with E-state index in [-0.39, 0.29) is 44.1 Å². The third-order valence-electron chi connectivity index (χ3n) is 6.92. The molecule has 230 valence electrons. The van der Waals surface area contributed by atoms with Crippen LogP contribution in [-0.4, -0.2) is 70.9 Å². The van der Waals surface area contributed by atoms with Gasteiger partial charge in [0.05, 0.1) is 12.2 Å². The molecule has 0 N–H and O–H groups in total. The van der Waals surface area contributed by atoms with Gasteiger partial charge in [0.2, 0.25) is 0 Å². The molecule has 0 aromatic heterocycles. The van der Waals surface area contributed by atoms with Crippen molar-refractivity contribution in [2.45, 2.75) is 111 Å². The van der Waals surface area contributed by atoms with Crippen LogP contribution in [0.1, 0.15) is 33.3 Å². The summed E-state index contributed by atoms with van der Waals surface area (Å²) < 4.78 is 47.2. The summed E-state index contributed by atoms with van der Waals surface area (Å²) in [4.78, 5) is 0. The highest BCUT2D eigenvalue weighted by molar-refractivity contribution is 6.86. The molecule has 3 aliphatic heterocycles. The Hall–Kier alpha value is -0.972. The maximum Gasteiger partial charge on any atom is 0.538 e. The molecule has 2 aromatic rings. The second-order valence-corrected chi connectivity index (χ2v) is 26.7. The van der Waals surface area contributed by atoms with Crippen LogP contribution in [-0.2, 0) is 30.7 Å². The Labute approximate surface area is 252 Å². The monoisotopic (exact) mass is 635 g/mol. The lowest BCUT2D eigenvalue weighted by Gasteiger charge is -2.38. The molecule has 41 heavy (non-hydrogen) atoms. The number of fused-ring (bicyclic) bond motifs is 2. The first-order valence-electron chi connectivity index (χ1n) is 14.6. The molecule has 3 saturated heterocycles. The molecule has 3 fully saturated rings. The molecule has 3 heterocycles. The van der Waals surface area contributed by atoms with Gasteiger partial charge in [-0.1, -0.05) is 74.0 Å². The summed E-state index contributed by atoms with van der Waals surface area (Å²) >= 11 is 0. The fourth-order valence-corrected chi connectivity index (χ4v) is 16.2. The van der Waals surface area contributed by atoms with Gasteiger partial charge < -0.3 is 38.1 Å². The van der Waals surface area contributed by atoms with Crippen LogP contribution in [0.25, 0.3) is 0 Å². The standard InChI is InChI=1S/C27H42O7Si4.C2H6.CH3/c1-19-15-17-23(18-16-19)38(34-36(7,8)9)29-21(3)25(31-38)27-26-24(20(2)28-35(4,5)6)30-37(32-26,33-27)22-13-11-10-12-14-22;1-2;/h10-18,20-21,24-27H,1-9H3;1-2H3;1H3/q;;-1. The summed E-state index contributed by atoms with van der Waals surface area (Å²) in [5.74, 6) is 0. The van der Waals surface area contributed by atoms with Gasteiger partial charge in [-0.15, -0.1) is 0 Å². The molecule has 8 unspecified atom stereocenters. The minimum atomic E-state index is -3.20. The predicted molar refractivity (Wildman–Crippen MR) is 175 cm³/mol. The average Bonchev–Trinajstić information content (AvgIpc) is 3.55. The van der Waals surface area contributed by atoms with Crippen molar-refractivity contribution in [3.8, 4) is 0 Å². The maximum absolute atomic E-state index is 6.97. The van der Waals surface area contributed by atoms with Gasteiger partial charge in [0.1, 0.15) is 24.4 Å². The van der Waals surface area contributed by atoms with Crippen molar-refractivity contribution in [2.75, 3.05) is 0 Å². The van der Waals surface area contributed by atoms with Crippen molar-refractivity contribution >= 4 is 44.6 Å². The fraction of sp³-hybridized carbons (Fsp3) is 0.567. The molecule has 2 aromatic carbocycles. The van der Waals surface area contributed by atoms with Gasteiger partial charge in [-0.05, 0) is 60.1 Å². The Balaban J connectivity index is 0.00000151. The summed E-state index contributed by atoms with van der Waals surface area (Å²) in [6.45, 7) is 23.3. The van der Waals surface area contributed by atoms with E-state index >= 15 is 0 Å². The second-order valence-electron chi connectivity index (χ2n) is 12.6. The fourth-order valence-electron chi connectivity index (χ4n) is 5.52. The number of aryl methyl sites for hydroxylation is 1. The number of hydrogen-bond donors (Lipinski definition) is 0. The SMILES string of the molecule is CC.Cc1ccc([Si]2(O[Si](C)(C)C)OC(C)C(C3O[Si]4(c5ccccc5)OC(C(C)O[Si](C)(C)C)C3O4)O2)cc1.[CH3-]. The first-order valence-corrected chi connectivity index (χ1v) is 24.9. The molecule has 0 spiro atoms. The van der Waals surface area contributed by atoms with Crippen LogP contribution < -0.4 is 10.4 Å². The Morgan fingerprint density at radius 1 is 0.707 bits per heavy atom. The zero-order chi connectivity index (χ0) is 29.5. The molecule has 2 bridgehead atoms. The third-order valence-corrected chi connectivity index (χ3v) is 16.6. The minimum absolute atomic E-state index is 0. The Kier molecular flexibility index (Phi) is 10.9. The third kappa shape index (κ3) is 7.40. The summed E-state index contributed by atoms with van der Waals surface area (Å²) in [6.07, 6.45) is -1.65. The largest absolute Gasteiger partial charge is 0.538 e. The predicted octanol–water partition coefficient (Wildman–Crippen LogP) is 5.54. The van der Waals surface area contributed by atoms with E-state index in [0.717, 1.165) is 10.4 Å². The Morgan fingerprint density at radius 3 is 1.85 bits per heavy atom. The van der Waals surface area contributed by atoms with Gasteiger partial charge in [-0.2, -0.15) is 0 Å². The highest BCUT2D eigenvalue weighted by Crippen LogP contribution is 2.44. The van der Waals surface area contributed by atoms with E-state index in [9.17, 15) is 0 Å². The van der Waals surface area contributed by atoms with E-state index in [4.69, 9.17) is 30.7 Å². The first-order chi connectivity index (χ1) is 18.7. The van der Waals surface area contributed by atoms with Crippen molar-refractivity contribution in [2.24, 2.45) is 0 Å². The van der Waals surface area contributed by atoms with Crippen LogP contribution in [0, 0.1) is 14.4 Å². The van der Waals surface area contributed by atoms with Crippen LogP contribution in [0.5, 0.6) is 0 Å². The lowest BCUT2D eigenvalue weighted by Crippen LogP contribution is -2.61.